The van der Waals surface area contributed by atoms with Crippen molar-refractivity contribution in [3.05, 3.63) is 29.8 Å². The molecule has 0 aliphatic heterocycles. The third kappa shape index (κ3) is 4.41. The highest BCUT2D eigenvalue weighted by molar-refractivity contribution is 5.94. The minimum Gasteiger partial charge on any atom is -0.396 e. The van der Waals surface area contributed by atoms with Gasteiger partial charge in [0.15, 0.2) is 5.82 Å². The van der Waals surface area contributed by atoms with Crippen molar-refractivity contribution in [3.8, 4) is 0 Å². The third-order valence-electron chi connectivity index (χ3n) is 2.80. The van der Waals surface area contributed by atoms with Crippen molar-refractivity contribution in [2.45, 2.75) is 26.2 Å². The summed E-state index contributed by atoms with van der Waals surface area (Å²) in [7, 11) is 0. The van der Waals surface area contributed by atoms with Crippen LogP contribution in [0.25, 0.3) is 0 Å². The van der Waals surface area contributed by atoms with Gasteiger partial charge in [-0.3, -0.25) is 9.78 Å². The fourth-order valence-electron chi connectivity index (χ4n) is 1.83. The van der Waals surface area contributed by atoms with Crippen molar-refractivity contribution in [2.24, 2.45) is 5.92 Å². The van der Waals surface area contributed by atoms with Gasteiger partial charge in [0.25, 0.3) is 5.91 Å². The van der Waals surface area contributed by atoms with Crippen molar-refractivity contribution in [1.82, 2.24) is 10.3 Å². The van der Waals surface area contributed by atoms with Crippen LogP contribution >= 0.6 is 0 Å². The Labute approximate surface area is 106 Å². The predicted octanol–water partition coefficient (Wildman–Crippen LogP) is 1.75. The number of aromatic nitrogens is 1. The van der Waals surface area contributed by atoms with Crippen LogP contribution in [0.15, 0.2) is 18.5 Å². The number of rotatable bonds is 7. The van der Waals surface area contributed by atoms with Gasteiger partial charge in [-0.15, -0.1) is 0 Å². The highest BCUT2D eigenvalue weighted by atomic mass is 19.1. The van der Waals surface area contributed by atoms with Gasteiger partial charge in [0.05, 0.1) is 11.8 Å². The SMILES string of the molecule is CCCC(CCO)CNC(=O)c1ccncc1F. The zero-order chi connectivity index (χ0) is 13.4. The molecule has 1 atom stereocenters. The minimum absolute atomic E-state index is 0.00393. The summed E-state index contributed by atoms with van der Waals surface area (Å²) in [6.45, 7) is 2.61. The van der Waals surface area contributed by atoms with E-state index in [1.165, 1.54) is 12.3 Å². The van der Waals surface area contributed by atoms with E-state index in [2.05, 4.69) is 17.2 Å². The van der Waals surface area contributed by atoms with Crippen LogP contribution in [0, 0.1) is 11.7 Å². The monoisotopic (exact) mass is 254 g/mol. The molecular weight excluding hydrogens is 235 g/mol. The minimum atomic E-state index is -0.621. The lowest BCUT2D eigenvalue weighted by Crippen LogP contribution is -2.30. The van der Waals surface area contributed by atoms with Crippen LogP contribution in [0.1, 0.15) is 36.5 Å². The highest BCUT2D eigenvalue weighted by Crippen LogP contribution is 2.10. The lowest BCUT2D eigenvalue weighted by Gasteiger charge is -2.15. The number of aliphatic hydroxyl groups excluding tert-OH is 1. The zero-order valence-electron chi connectivity index (χ0n) is 10.5. The molecule has 1 aromatic rings. The number of carbonyl (C=O) groups is 1. The molecule has 4 nitrogen and oxygen atoms in total. The second-order valence-electron chi connectivity index (χ2n) is 4.23. The fraction of sp³-hybridized carbons (Fsp3) is 0.538. The van der Waals surface area contributed by atoms with E-state index in [4.69, 9.17) is 5.11 Å². The molecule has 5 heteroatoms. The summed E-state index contributed by atoms with van der Waals surface area (Å²) in [6.07, 6.45) is 4.97. The molecule has 0 saturated carbocycles. The van der Waals surface area contributed by atoms with Gasteiger partial charge >= 0.3 is 0 Å². The topological polar surface area (TPSA) is 62.2 Å². The van der Waals surface area contributed by atoms with Gasteiger partial charge in [0.1, 0.15) is 0 Å². The van der Waals surface area contributed by atoms with Gasteiger partial charge in [0.2, 0.25) is 0 Å². The molecule has 100 valence electrons. The van der Waals surface area contributed by atoms with Crippen molar-refractivity contribution < 1.29 is 14.3 Å². The van der Waals surface area contributed by atoms with Crippen LogP contribution in [0.4, 0.5) is 4.39 Å². The maximum Gasteiger partial charge on any atom is 0.254 e. The van der Waals surface area contributed by atoms with E-state index >= 15 is 0 Å². The van der Waals surface area contributed by atoms with E-state index in [0.717, 1.165) is 19.0 Å². The molecule has 18 heavy (non-hydrogen) atoms. The molecular formula is C13H19FN2O2. The first-order valence-corrected chi connectivity index (χ1v) is 6.17. The molecule has 1 amide bonds. The Morgan fingerprint density at radius 1 is 1.56 bits per heavy atom. The molecule has 0 spiro atoms. The van der Waals surface area contributed by atoms with Gasteiger partial charge in [-0.2, -0.15) is 0 Å². The first-order valence-electron chi connectivity index (χ1n) is 6.17. The largest absolute Gasteiger partial charge is 0.396 e. The number of hydrogen-bond donors (Lipinski definition) is 2. The summed E-state index contributed by atoms with van der Waals surface area (Å²) < 4.78 is 13.3. The van der Waals surface area contributed by atoms with E-state index in [1.807, 2.05) is 0 Å². The molecule has 1 rings (SSSR count). The van der Waals surface area contributed by atoms with Crippen molar-refractivity contribution >= 4 is 5.91 Å². The molecule has 0 aliphatic rings. The van der Waals surface area contributed by atoms with Crippen molar-refractivity contribution in [2.75, 3.05) is 13.2 Å². The van der Waals surface area contributed by atoms with Crippen LogP contribution in [0.2, 0.25) is 0 Å². The summed E-state index contributed by atoms with van der Waals surface area (Å²) in [6, 6.07) is 1.35. The molecule has 2 N–H and O–H groups in total. The number of carbonyl (C=O) groups excluding carboxylic acids is 1. The summed E-state index contributed by atoms with van der Waals surface area (Å²) in [4.78, 5) is 15.3. The number of halogens is 1. The second-order valence-corrected chi connectivity index (χ2v) is 4.23. The van der Waals surface area contributed by atoms with Crippen molar-refractivity contribution in [1.29, 1.82) is 0 Å². The summed E-state index contributed by atoms with van der Waals surface area (Å²) in [5.74, 6) is -0.827. The molecule has 0 radical (unpaired) electrons. The Bertz CT molecular complexity index is 379. The molecule has 1 unspecified atom stereocenters. The van der Waals surface area contributed by atoms with E-state index in [1.54, 1.807) is 0 Å². The Balaban J connectivity index is 2.52. The summed E-state index contributed by atoms with van der Waals surface area (Å²) in [5.41, 5.74) is 0.00393. The summed E-state index contributed by atoms with van der Waals surface area (Å²) in [5, 5.41) is 11.6. The number of aliphatic hydroxyl groups is 1. The van der Waals surface area contributed by atoms with Gasteiger partial charge in [0, 0.05) is 19.3 Å². The number of hydrogen-bond acceptors (Lipinski definition) is 3. The van der Waals surface area contributed by atoms with Crippen LogP contribution < -0.4 is 5.32 Å². The van der Waals surface area contributed by atoms with E-state index in [-0.39, 0.29) is 18.1 Å². The zero-order valence-corrected chi connectivity index (χ0v) is 10.5. The average Bonchev–Trinajstić information content (AvgIpc) is 2.36. The smallest absolute Gasteiger partial charge is 0.254 e. The molecule has 0 bridgehead atoms. The third-order valence-corrected chi connectivity index (χ3v) is 2.80. The maximum absolute atomic E-state index is 13.3. The molecule has 0 aliphatic carbocycles. The van der Waals surface area contributed by atoms with Crippen LogP contribution in [-0.2, 0) is 0 Å². The standard InChI is InChI=1S/C13H19FN2O2/c1-2-3-10(5-7-17)8-16-13(18)11-4-6-15-9-12(11)14/h4,6,9-10,17H,2-3,5,7-8H2,1H3,(H,16,18). The number of nitrogens with zero attached hydrogens (tertiary/aromatic N) is 1. The first kappa shape index (κ1) is 14.6. The van der Waals surface area contributed by atoms with Crippen LogP contribution in [0.5, 0.6) is 0 Å². The lowest BCUT2D eigenvalue weighted by atomic mass is 10.00. The van der Waals surface area contributed by atoms with E-state index in [0.29, 0.717) is 13.0 Å². The number of amides is 1. The number of pyridine rings is 1. The van der Waals surface area contributed by atoms with E-state index in [9.17, 15) is 9.18 Å². The van der Waals surface area contributed by atoms with Gasteiger partial charge in [-0.25, -0.2) is 4.39 Å². The molecule has 1 heterocycles. The van der Waals surface area contributed by atoms with Gasteiger partial charge in [-0.1, -0.05) is 13.3 Å². The second kappa shape index (κ2) is 7.76. The van der Waals surface area contributed by atoms with E-state index < -0.39 is 11.7 Å². The molecule has 1 aromatic heterocycles. The van der Waals surface area contributed by atoms with Crippen LogP contribution in [0.3, 0.4) is 0 Å². The maximum atomic E-state index is 13.3. The molecule has 0 saturated heterocycles. The quantitative estimate of drug-likeness (QED) is 0.779. The van der Waals surface area contributed by atoms with Gasteiger partial charge < -0.3 is 10.4 Å². The Morgan fingerprint density at radius 2 is 2.33 bits per heavy atom. The van der Waals surface area contributed by atoms with Gasteiger partial charge in [-0.05, 0) is 24.8 Å². The Morgan fingerprint density at radius 3 is 2.94 bits per heavy atom. The Kier molecular flexibility index (Phi) is 6.28. The van der Waals surface area contributed by atoms with Crippen molar-refractivity contribution in [3.63, 3.8) is 0 Å². The highest BCUT2D eigenvalue weighted by Gasteiger charge is 2.13. The first-order chi connectivity index (χ1) is 8.69. The van der Waals surface area contributed by atoms with Crippen LogP contribution in [-0.4, -0.2) is 29.1 Å². The lowest BCUT2D eigenvalue weighted by molar-refractivity contribution is 0.0938. The average molecular weight is 254 g/mol. The predicted molar refractivity (Wildman–Crippen MR) is 66.6 cm³/mol. The Hall–Kier alpha value is -1.49. The fourth-order valence-corrected chi connectivity index (χ4v) is 1.83. The normalized spacial score (nSPS) is 12.2. The number of nitrogens with one attached hydrogen (secondary N) is 1. The molecule has 0 fully saturated rings. The summed E-state index contributed by atoms with van der Waals surface area (Å²) >= 11 is 0. The molecule has 0 aromatic carbocycles.